The summed E-state index contributed by atoms with van der Waals surface area (Å²) >= 11 is 13.7. The fourth-order valence-electron chi connectivity index (χ4n) is 2.70. The summed E-state index contributed by atoms with van der Waals surface area (Å²) in [7, 11) is 0. The second-order valence-electron chi connectivity index (χ2n) is 5.59. The first-order valence-electron chi connectivity index (χ1n) is 7.74. The topological polar surface area (TPSA) is 44.4 Å². The Morgan fingerprint density at radius 3 is 2.87 bits per heavy atom. The van der Waals surface area contributed by atoms with Crippen molar-refractivity contribution in [3.63, 3.8) is 0 Å². The molecular formula is C16H19Cl2N3OS. The summed E-state index contributed by atoms with van der Waals surface area (Å²) in [4.78, 5) is 15.3. The third kappa shape index (κ3) is 4.17. The van der Waals surface area contributed by atoms with Crippen molar-refractivity contribution >= 4 is 50.5 Å². The molecule has 0 bridgehead atoms. The highest BCUT2D eigenvalue weighted by atomic mass is 35.5. The highest BCUT2D eigenvalue weighted by molar-refractivity contribution is 7.21. The molecule has 2 aromatic rings. The van der Waals surface area contributed by atoms with Crippen LogP contribution in [0.5, 0.6) is 0 Å². The van der Waals surface area contributed by atoms with Gasteiger partial charge >= 0.3 is 0 Å². The average molecular weight is 372 g/mol. The largest absolute Gasteiger partial charge is 0.351 e. The number of nitrogens with zero attached hydrogens (tertiary/aromatic N) is 1. The third-order valence-electron chi connectivity index (χ3n) is 3.94. The lowest BCUT2D eigenvalue weighted by atomic mass is 10.2. The van der Waals surface area contributed by atoms with E-state index < -0.39 is 0 Å². The summed E-state index contributed by atoms with van der Waals surface area (Å²) in [6.45, 7) is 5.93. The van der Waals surface area contributed by atoms with Gasteiger partial charge in [0.25, 0.3) is 5.91 Å². The molecule has 3 rings (SSSR count). The van der Waals surface area contributed by atoms with Crippen LogP contribution in [0.15, 0.2) is 18.2 Å². The van der Waals surface area contributed by atoms with Gasteiger partial charge < -0.3 is 15.5 Å². The zero-order valence-electron chi connectivity index (χ0n) is 12.7. The first-order chi connectivity index (χ1) is 11.1. The van der Waals surface area contributed by atoms with E-state index in [1.807, 2.05) is 12.1 Å². The van der Waals surface area contributed by atoms with Gasteiger partial charge in [0.15, 0.2) is 0 Å². The number of hydrogen-bond acceptors (Lipinski definition) is 4. The summed E-state index contributed by atoms with van der Waals surface area (Å²) < 4.78 is 0.938. The van der Waals surface area contributed by atoms with Gasteiger partial charge in [0.05, 0.1) is 5.02 Å². The van der Waals surface area contributed by atoms with Crippen LogP contribution in [0, 0.1) is 0 Å². The first-order valence-corrected chi connectivity index (χ1v) is 9.31. The Morgan fingerprint density at radius 1 is 1.30 bits per heavy atom. The predicted octanol–water partition coefficient (Wildman–Crippen LogP) is 3.23. The van der Waals surface area contributed by atoms with Gasteiger partial charge in [-0.25, -0.2) is 0 Å². The maximum atomic E-state index is 12.3. The summed E-state index contributed by atoms with van der Waals surface area (Å²) in [5.74, 6) is -0.104. The standard InChI is InChI=1S/C16H19Cl2N3OS/c17-11-2-3-12-13(10-11)23-15(14(12)18)16(22)20-4-1-7-21-8-5-19-6-9-21/h2-3,10,19H,1,4-9H2,(H,20,22). The number of carbonyl (C=O) groups is 1. The summed E-state index contributed by atoms with van der Waals surface area (Å²) in [6.07, 6.45) is 0.945. The summed E-state index contributed by atoms with van der Waals surface area (Å²) in [6, 6.07) is 5.49. The molecule has 2 N–H and O–H groups in total. The Bertz CT molecular complexity index is 698. The molecule has 7 heteroatoms. The molecule has 1 aliphatic rings. The Morgan fingerprint density at radius 2 is 2.09 bits per heavy atom. The lowest BCUT2D eigenvalue weighted by Gasteiger charge is -2.27. The molecular weight excluding hydrogens is 353 g/mol. The molecule has 1 saturated heterocycles. The monoisotopic (exact) mass is 371 g/mol. The van der Waals surface area contributed by atoms with Crippen LogP contribution in [-0.2, 0) is 0 Å². The third-order valence-corrected chi connectivity index (χ3v) is 5.84. The zero-order valence-corrected chi connectivity index (χ0v) is 15.0. The van der Waals surface area contributed by atoms with E-state index in [0.29, 0.717) is 21.5 Å². The fraction of sp³-hybridized carbons (Fsp3) is 0.438. The van der Waals surface area contributed by atoms with E-state index in [2.05, 4.69) is 15.5 Å². The van der Waals surface area contributed by atoms with Crippen LogP contribution >= 0.6 is 34.5 Å². The minimum absolute atomic E-state index is 0.104. The van der Waals surface area contributed by atoms with E-state index in [9.17, 15) is 4.79 Å². The molecule has 0 atom stereocenters. The van der Waals surface area contributed by atoms with Crippen molar-refractivity contribution in [2.24, 2.45) is 0 Å². The maximum Gasteiger partial charge on any atom is 0.262 e. The van der Waals surface area contributed by atoms with Crippen LogP contribution in [-0.4, -0.2) is 50.1 Å². The van der Waals surface area contributed by atoms with Crippen molar-refractivity contribution in [2.75, 3.05) is 39.3 Å². The van der Waals surface area contributed by atoms with Crippen LogP contribution in [0.2, 0.25) is 10.0 Å². The van der Waals surface area contributed by atoms with E-state index in [1.54, 1.807) is 6.07 Å². The van der Waals surface area contributed by atoms with Crippen LogP contribution in [0.1, 0.15) is 16.1 Å². The van der Waals surface area contributed by atoms with Gasteiger partial charge in [-0.2, -0.15) is 0 Å². The number of hydrogen-bond donors (Lipinski definition) is 2. The molecule has 0 saturated carbocycles. The van der Waals surface area contributed by atoms with Gasteiger partial charge in [-0.3, -0.25) is 4.79 Å². The van der Waals surface area contributed by atoms with Crippen molar-refractivity contribution in [3.8, 4) is 0 Å². The number of fused-ring (bicyclic) bond motifs is 1. The van der Waals surface area contributed by atoms with Gasteiger partial charge in [-0.1, -0.05) is 29.3 Å². The molecule has 1 fully saturated rings. The highest BCUT2D eigenvalue weighted by Gasteiger charge is 2.17. The van der Waals surface area contributed by atoms with Crippen molar-refractivity contribution < 1.29 is 4.79 Å². The lowest BCUT2D eigenvalue weighted by molar-refractivity contribution is 0.0955. The van der Waals surface area contributed by atoms with E-state index in [4.69, 9.17) is 23.2 Å². The van der Waals surface area contributed by atoms with Crippen LogP contribution in [0.4, 0.5) is 0 Å². The average Bonchev–Trinajstić information content (AvgIpc) is 2.88. The van der Waals surface area contributed by atoms with Crippen molar-refractivity contribution in [1.29, 1.82) is 0 Å². The first kappa shape index (κ1) is 17.0. The molecule has 0 unspecified atom stereocenters. The molecule has 23 heavy (non-hydrogen) atoms. The molecule has 1 aromatic carbocycles. The lowest BCUT2D eigenvalue weighted by Crippen LogP contribution is -2.44. The molecule has 1 aromatic heterocycles. The van der Waals surface area contributed by atoms with E-state index >= 15 is 0 Å². The number of halogens is 2. The molecule has 0 aliphatic carbocycles. The zero-order chi connectivity index (χ0) is 16.2. The minimum atomic E-state index is -0.104. The number of thiophene rings is 1. The van der Waals surface area contributed by atoms with Gasteiger partial charge in [0.2, 0.25) is 0 Å². The Labute approximate surface area is 149 Å². The van der Waals surface area contributed by atoms with E-state index in [1.165, 1.54) is 11.3 Å². The number of piperazine rings is 1. The molecule has 124 valence electrons. The SMILES string of the molecule is O=C(NCCCN1CCNCC1)c1sc2cc(Cl)ccc2c1Cl. The van der Waals surface area contributed by atoms with Crippen molar-refractivity contribution in [1.82, 2.24) is 15.5 Å². The smallest absolute Gasteiger partial charge is 0.262 e. The van der Waals surface area contributed by atoms with E-state index in [0.717, 1.165) is 49.2 Å². The van der Waals surface area contributed by atoms with Gasteiger partial charge in [-0.15, -0.1) is 11.3 Å². The second-order valence-corrected chi connectivity index (χ2v) is 7.45. The minimum Gasteiger partial charge on any atom is -0.351 e. The molecule has 2 heterocycles. The number of amides is 1. The molecule has 0 radical (unpaired) electrons. The van der Waals surface area contributed by atoms with Crippen molar-refractivity contribution in [3.05, 3.63) is 33.1 Å². The molecule has 0 spiro atoms. The number of nitrogens with one attached hydrogen (secondary N) is 2. The van der Waals surface area contributed by atoms with Gasteiger partial charge in [-0.05, 0) is 25.1 Å². The second kappa shape index (κ2) is 7.81. The summed E-state index contributed by atoms with van der Waals surface area (Å²) in [5.41, 5.74) is 0. The summed E-state index contributed by atoms with van der Waals surface area (Å²) in [5, 5.41) is 8.35. The quantitative estimate of drug-likeness (QED) is 0.792. The predicted molar refractivity (Wildman–Crippen MR) is 98.1 cm³/mol. The number of rotatable bonds is 5. The molecule has 1 aliphatic heterocycles. The molecule has 4 nitrogen and oxygen atoms in total. The fourth-order valence-corrected chi connectivity index (χ4v) is 4.41. The van der Waals surface area contributed by atoms with Crippen LogP contribution in [0.3, 0.4) is 0 Å². The molecule has 1 amide bonds. The highest BCUT2D eigenvalue weighted by Crippen LogP contribution is 2.36. The Kier molecular flexibility index (Phi) is 5.77. The van der Waals surface area contributed by atoms with Gasteiger partial charge in [0.1, 0.15) is 4.88 Å². The number of benzene rings is 1. The Balaban J connectivity index is 1.54. The van der Waals surface area contributed by atoms with E-state index in [-0.39, 0.29) is 5.91 Å². The normalized spacial score (nSPS) is 15.9. The maximum absolute atomic E-state index is 12.3. The van der Waals surface area contributed by atoms with Gasteiger partial charge in [0, 0.05) is 47.8 Å². The van der Waals surface area contributed by atoms with Crippen LogP contribution < -0.4 is 10.6 Å². The van der Waals surface area contributed by atoms with Crippen molar-refractivity contribution in [2.45, 2.75) is 6.42 Å². The number of carbonyl (C=O) groups excluding carboxylic acids is 1. The van der Waals surface area contributed by atoms with Crippen LogP contribution in [0.25, 0.3) is 10.1 Å². The Hall–Kier alpha value is -0.850.